The Morgan fingerprint density at radius 3 is 2.38 bits per heavy atom. The zero-order valence-electron chi connectivity index (χ0n) is 13.0. The first-order valence-corrected chi connectivity index (χ1v) is 9.82. The maximum Gasteiger partial charge on any atom is 0.253 e. The third-order valence-electron chi connectivity index (χ3n) is 3.12. The van der Waals surface area contributed by atoms with Gasteiger partial charge in [0.25, 0.3) is 5.91 Å². The van der Waals surface area contributed by atoms with E-state index in [2.05, 4.69) is 26.3 Å². The van der Waals surface area contributed by atoms with Gasteiger partial charge in [-0.25, -0.2) is 9.37 Å². The summed E-state index contributed by atoms with van der Waals surface area (Å²) < 4.78 is 12.9. The molecule has 3 aromatic rings. The fraction of sp³-hybridized carbons (Fsp3) is 0.0588. The van der Waals surface area contributed by atoms with Gasteiger partial charge in [0.1, 0.15) is 5.01 Å². The summed E-state index contributed by atoms with van der Waals surface area (Å²) in [4.78, 5) is 15.0. The minimum atomic E-state index is -1.09. The largest absolute Gasteiger partial charge is 0.505 e. The van der Waals surface area contributed by atoms with Gasteiger partial charge >= 0.3 is 0 Å². The van der Waals surface area contributed by atoms with Crippen molar-refractivity contribution in [3.8, 4) is 17.0 Å². The van der Waals surface area contributed by atoms with Crippen LogP contribution in [0.5, 0.6) is 5.75 Å². The van der Waals surface area contributed by atoms with Crippen LogP contribution >= 0.6 is 50.5 Å². The fourth-order valence-electron chi connectivity index (χ4n) is 1.89. The monoisotopic (exact) mass is 476 g/mol. The Labute approximate surface area is 171 Å². The molecule has 26 heavy (non-hydrogen) atoms. The lowest BCUT2D eigenvalue weighted by Crippen LogP contribution is -2.13. The Morgan fingerprint density at radius 2 is 1.88 bits per heavy atom. The van der Waals surface area contributed by atoms with Crippen LogP contribution in [0.3, 0.4) is 0 Å². The molecule has 0 bridgehead atoms. The van der Waals surface area contributed by atoms with Crippen LogP contribution < -0.4 is 5.73 Å². The zero-order chi connectivity index (χ0) is 19.3. The number of nitrogens with two attached hydrogens (primary N) is 1. The van der Waals surface area contributed by atoms with Crippen molar-refractivity contribution in [1.29, 1.82) is 0 Å². The van der Waals surface area contributed by atoms with E-state index in [0.29, 0.717) is 0 Å². The number of phenols is 1. The van der Waals surface area contributed by atoms with Crippen molar-refractivity contribution in [3.05, 3.63) is 68.2 Å². The van der Waals surface area contributed by atoms with Gasteiger partial charge in [0.2, 0.25) is 0 Å². The molecule has 1 heterocycles. The number of primary amides is 1. The molecule has 0 aliphatic heterocycles. The van der Waals surface area contributed by atoms with E-state index < -0.39 is 23.0 Å². The number of nitrogens with zero attached hydrogens (tertiary/aromatic N) is 1. The molecule has 0 unspecified atom stereocenters. The highest BCUT2D eigenvalue weighted by Crippen LogP contribution is 2.26. The molecular weight excluding hydrogens is 466 g/mol. The van der Waals surface area contributed by atoms with Crippen LogP contribution in [0.25, 0.3) is 11.3 Å². The second kappa shape index (κ2) is 9.32. The Hall–Kier alpha value is -1.67. The van der Waals surface area contributed by atoms with Crippen molar-refractivity contribution in [1.82, 2.24) is 4.98 Å². The molecule has 136 valence electrons. The Balaban J connectivity index is 0.000000190. The molecule has 3 rings (SSSR count). The van der Waals surface area contributed by atoms with Gasteiger partial charge in [-0.1, -0.05) is 51.3 Å². The van der Waals surface area contributed by atoms with E-state index in [9.17, 15) is 9.18 Å². The molecule has 0 fully saturated rings. The summed E-state index contributed by atoms with van der Waals surface area (Å²) >= 11 is 16.3. The number of hydrogen-bond acceptors (Lipinski definition) is 4. The molecule has 0 atom stereocenters. The molecular formula is C17H12BrCl2FN2O2S. The van der Waals surface area contributed by atoms with E-state index in [1.807, 2.05) is 24.3 Å². The highest BCUT2D eigenvalue weighted by molar-refractivity contribution is 9.08. The van der Waals surface area contributed by atoms with E-state index in [-0.39, 0.29) is 5.02 Å². The maximum absolute atomic E-state index is 12.9. The van der Waals surface area contributed by atoms with E-state index >= 15 is 0 Å². The number of aromatic nitrogens is 1. The van der Waals surface area contributed by atoms with Crippen molar-refractivity contribution in [2.45, 2.75) is 5.33 Å². The van der Waals surface area contributed by atoms with Crippen LogP contribution in [-0.4, -0.2) is 16.0 Å². The highest BCUT2D eigenvalue weighted by Gasteiger charge is 2.16. The number of benzene rings is 2. The van der Waals surface area contributed by atoms with Crippen molar-refractivity contribution in [3.63, 3.8) is 0 Å². The number of phenolic OH excluding ortho intramolecular Hbond substituents is 1. The number of hydrogen-bond donors (Lipinski definition) is 2. The van der Waals surface area contributed by atoms with E-state index in [4.69, 9.17) is 34.0 Å². The lowest BCUT2D eigenvalue weighted by molar-refractivity contribution is 0.0996. The molecule has 0 aliphatic carbocycles. The first-order chi connectivity index (χ1) is 12.3. The van der Waals surface area contributed by atoms with Crippen molar-refractivity contribution in [2.24, 2.45) is 5.73 Å². The van der Waals surface area contributed by atoms with Crippen LogP contribution in [-0.2, 0) is 5.33 Å². The molecule has 0 saturated carbocycles. The molecule has 0 spiro atoms. The third kappa shape index (κ3) is 5.17. The Bertz CT molecular complexity index is 920. The van der Waals surface area contributed by atoms with Crippen LogP contribution in [0.2, 0.25) is 10.0 Å². The van der Waals surface area contributed by atoms with Crippen molar-refractivity contribution < 1.29 is 14.3 Å². The summed E-state index contributed by atoms with van der Waals surface area (Å²) in [7, 11) is 0. The Kier molecular flexibility index (Phi) is 7.40. The molecule has 0 radical (unpaired) electrons. The molecule has 9 heteroatoms. The van der Waals surface area contributed by atoms with Gasteiger partial charge in [0.05, 0.1) is 21.6 Å². The smallest absolute Gasteiger partial charge is 0.253 e. The van der Waals surface area contributed by atoms with Gasteiger partial charge in [-0.15, -0.1) is 11.3 Å². The molecule has 0 aliphatic rings. The summed E-state index contributed by atoms with van der Waals surface area (Å²) in [5, 5.41) is 13.4. The van der Waals surface area contributed by atoms with E-state index in [0.717, 1.165) is 32.7 Å². The third-order valence-corrected chi connectivity index (χ3v) is 5.44. The van der Waals surface area contributed by atoms with Gasteiger partial charge < -0.3 is 10.8 Å². The second-order valence-corrected chi connectivity index (χ2v) is 7.23. The van der Waals surface area contributed by atoms with Crippen molar-refractivity contribution in [2.75, 3.05) is 0 Å². The lowest BCUT2D eigenvalue weighted by atomic mass is 10.2. The molecule has 3 N–H and O–H groups in total. The zero-order valence-corrected chi connectivity index (χ0v) is 17.0. The van der Waals surface area contributed by atoms with Gasteiger partial charge in [-0.2, -0.15) is 0 Å². The summed E-state index contributed by atoms with van der Waals surface area (Å²) in [6.45, 7) is 0. The van der Waals surface area contributed by atoms with Gasteiger partial charge in [-0.05, 0) is 24.3 Å². The molecule has 4 nitrogen and oxygen atoms in total. The standard InChI is InChI=1S/C10H7BrClNS.C7H5ClFNO2/c11-5-10-13-9(6-14-10)7-1-3-8(12)4-2-7;8-3-1-2-4(11)6(9)5(3)7(10)12/h1-4,6H,5H2;1-2,11H,(H2,10,12). The van der Waals surface area contributed by atoms with Gasteiger partial charge in [-0.3, -0.25) is 4.79 Å². The first kappa shape index (κ1) is 20.6. The molecule has 0 saturated heterocycles. The quantitative estimate of drug-likeness (QED) is 0.479. The minimum Gasteiger partial charge on any atom is -0.505 e. The van der Waals surface area contributed by atoms with Crippen LogP contribution in [0.15, 0.2) is 41.8 Å². The normalized spacial score (nSPS) is 10.2. The lowest BCUT2D eigenvalue weighted by Gasteiger charge is -2.02. The molecule has 1 amide bonds. The summed E-state index contributed by atoms with van der Waals surface area (Å²) in [5.74, 6) is -2.74. The van der Waals surface area contributed by atoms with E-state index in [1.165, 1.54) is 6.07 Å². The van der Waals surface area contributed by atoms with E-state index in [1.54, 1.807) is 11.3 Å². The minimum absolute atomic E-state index is 0.113. The number of amides is 1. The number of alkyl halides is 1. The summed E-state index contributed by atoms with van der Waals surface area (Å²) in [5.41, 5.74) is 6.44. The fourth-order valence-corrected chi connectivity index (χ4v) is 3.43. The predicted octanol–water partition coefficient (Wildman–Crippen LogP) is 5.64. The van der Waals surface area contributed by atoms with Crippen LogP contribution in [0.4, 0.5) is 4.39 Å². The number of aromatic hydroxyl groups is 1. The van der Waals surface area contributed by atoms with Crippen LogP contribution in [0, 0.1) is 5.82 Å². The second-order valence-electron chi connectivity index (χ2n) is 4.89. The number of carbonyl (C=O) groups is 1. The molecule has 2 aromatic carbocycles. The first-order valence-electron chi connectivity index (χ1n) is 7.06. The van der Waals surface area contributed by atoms with Crippen molar-refractivity contribution >= 4 is 56.4 Å². The molecule has 1 aromatic heterocycles. The number of carbonyl (C=O) groups excluding carboxylic acids is 1. The maximum atomic E-state index is 12.9. The highest BCUT2D eigenvalue weighted by atomic mass is 79.9. The SMILES string of the molecule is Clc1ccc(-c2csc(CBr)n2)cc1.NC(=O)c1c(Cl)ccc(O)c1F. The van der Waals surface area contributed by atoms with Gasteiger partial charge in [0.15, 0.2) is 11.6 Å². The number of halogens is 4. The topological polar surface area (TPSA) is 76.2 Å². The summed E-state index contributed by atoms with van der Waals surface area (Å²) in [6.07, 6.45) is 0. The average molecular weight is 478 g/mol. The van der Waals surface area contributed by atoms with Gasteiger partial charge in [0, 0.05) is 16.0 Å². The summed E-state index contributed by atoms with van der Waals surface area (Å²) in [6, 6.07) is 9.96. The predicted molar refractivity (Wildman–Crippen MR) is 107 cm³/mol. The average Bonchev–Trinajstić information content (AvgIpc) is 3.09. The Morgan fingerprint density at radius 1 is 1.23 bits per heavy atom. The number of thiazole rings is 1. The number of rotatable bonds is 3. The van der Waals surface area contributed by atoms with Crippen LogP contribution in [0.1, 0.15) is 15.4 Å².